The van der Waals surface area contributed by atoms with Gasteiger partial charge in [0, 0.05) is 11.6 Å². The van der Waals surface area contributed by atoms with Gasteiger partial charge in [-0.3, -0.25) is 14.5 Å². The Morgan fingerprint density at radius 2 is 1.83 bits per heavy atom. The van der Waals surface area contributed by atoms with Crippen molar-refractivity contribution in [3.8, 4) is 5.75 Å². The van der Waals surface area contributed by atoms with Gasteiger partial charge < -0.3 is 14.4 Å². The number of hydrogen-bond acceptors (Lipinski definition) is 6. The molecule has 1 atom stereocenters. The lowest BCUT2D eigenvalue weighted by molar-refractivity contribution is -0.132. The fraction of sp³-hybridized carbons (Fsp3) is 0.174. The van der Waals surface area contributed by atoms with E-state index in [-0.39, 0.29) is 17.2 Å². The molecule has 1 fully saturated rings. The quantitative estimate of drug-likeness (QED) is 0.402. The summed E-state index contributed by atoms with van der Waals surface area (Å²) in [6.45, 7) is 3.62. The number of amides is 1. The number of rotatable bonds is 4. The lowest BCUT2D eigenvalue weighted by atomic mass is 9.95. The number of nitrogens with zero attached hydrogens (tertiary/aromatic N) is 2. The summed E-state index contributed by atoms with van der Waals surface area (Å²) in [4.78, 5) is 27.2. The van der Waals surface area contributed by atoms with Gasteiger partial charge in [0.05, 0.1) is 18.7 Å². The molecule has 2 aromatic carbocycles. The van der Waals surface area contributed by atoms with Gasteiger partial charge in [0.1, 0.15) is 17.3 Å². The zero-order valence-corrected chi connectivity index (χ0v) is 16.7. The summed E-state index contributed by atoms with van der Waals surface area (Å²) in [5, 5.41) is 15.0. The standard InChI is InChI=1S/C23H20N2O5/c1-13-7-9-15(10-8-13)21(26)19-20(16-5-4-6-17(12-16)29-3)25(23(28)22(19)27)18-11-14(2)30-24-18/h4-12,20,26H,1-3H3/t20-/m1/s1. The number of aliphatic hydroxyl groups is 1. The van der Waals surface area contributed by atoms with Crippen molar-refractivity contribution < 1.29 is 24.0 Å². The Hall–Kier alpha value is -3.87. The molecule has 4 rings (SSSR count). The molecule has 1 aromatic heterocycles. The first-order valence-corrected chi connectivity index (χ1v) is 9.36. The molecule has 0 unspecified atom stereocenters. The molecule has 0 radical (unpaired) electrons. The van der Waals surface area contributed by atoms with Gasteiger partial charge in [-0.05, 0) is 31.5 Å². The molecule has 0 aliphatic carbocycles. The topological polar surface area (TPSA) is 92.9 Å². The monoisotopic (exact) mass is 404 g/mol. The molecule has 0 spiro atoms. The minimum atomic E-state index is -0.883. The maximum Gasteiger partial charge on any atom is 0.301 e. The number of aliphatic hydroxyl groups excluding tert-OH is 1. The zero-order valence-electron chi connectivity index (χ0n) is 16.7. The van der Waals surface area contributed by atoms with E-state index in [1.54, 1.807) is 49.4 Å². The van der Waals surface area contributed by atoms with Crippen LogP contribution in [0.15, 0.2) is 64.7 Å². The summed E-state index contributed by atoms with van der Waals surface area (Å²) >= 11 is 0. The first kappa shape index (κ1) is 19.4. The van der Waals surface area contributed by atoms with Crippen LogP contribution in [0.5, 0.6) is 5.75 Å². The highest BCUT2D eigenvalue weighted by atomic mass is 16.5. The number of anilines is 1. The highest BCUT2D eigenvalue weighted by molar-refractivity contribution is 6.51. The molecule has 30 heavy (non-hydrogen) atoms. The number of ketones is 1. The third-order valence-corrected chi connectivity index (χ3v) is 5.04. The van der Waals surface area contributed by atoms with Crippen molar-refractivity contribution in [2.45, 2.75) is 19.9 Å². The molecular formula is C23H20N2O5. The molecule has 1 aliphatic heterocycles. The minimum Gasteiger partial charge on any atom is -0.507 e. The zero-order chi connectivity index (χ0) is 21.4. The van der Waals surface area contributed by atoms with Crippen molar-refractivity contribution >= 4 is 23.3 Å². The van der Waals surface area contributed by atoms with E-state index in [0.29, 0.717) is 22.6 Å². The molecule has 1 saturated heterocycles. The second-order valence-corrected chi connectivity index (χ2v) is 7.11. The van der Waals surface area contributed by atoms with Crippen LogP contribution >= 0.6 is 0 Å². The highest BCUT2D eigenvalue weighted by Crippen LogP contribution is 2.42. The number of aromatic nitrogens is 1. The van der Waals surface area contributed by atoms with E-state index in [9.17, 15) is 14.7 Å². The maximum atomic E-state index is 13.0. The first-order chi connectivity index (χ1) is 14.4. The van der Waals surface area contributed by atoms with Crippen LogP contribution in [0.1, 0.15) is 28.5 Å². The Morgan fingerprint density at radius 1 is 1.10 bits per heavy atom. The van der Waals surface area contributed by atoms with Crippen LogP contribution in [-0.2, 0) is 9.59 Å². The van der Waals surface area contributed by atoms with Gasteiger partial charge in [-0.25, -0.2) is 0 Å². The summed E-state index contributed by atoms with van der Waals surface area (Å²) in [5.41, 5.74) is 2.04. The Labute approximate surface area is 173 Å². The molecule has 2 heterocycles. The number of Topliss-reactive ketones (excluding diaryl/α,β-unsaturated/α-hetero) is 1. The van der Waals surface area contributed by atoms with Crippen LogP contribution in [0, 0.1) is 13.8 Å². The van der Waals surface area contributed by atoms with Crippen LogP contribution in [0.4, 0.5) is 5.82 Å². The van der Waals surface area contributed by atoms with Crippen LogP contribution in [-0.4, -0.2) is 29.1 Å². The number of aryl methyl sites for hydroxylation is 2. The smallest absolute Gasteiger partial charge is 0.301 e. The van der Waals surface area contributed by atoms with Gasteiger partial charge in [0.15, 0.2) is 5.82 Å². The number of carbonyl (C=O) groups excluding carboxylic acids is 2. The van der Waals surface area contributed by atoms with Crippen molar-refractivity contribution in [2.75, 3.05) is 12.0 Å². The van der Waals surface area contributed by atoms with Gasteiger partial charge in [-0.2, -0.15) is 0 Å². The van der Waals surface area contributed by atoms with E-state index in [1.165, 1.54) is 12.0 Å². The fourth-order valence-electron chi connectivity index (χ4n) is 3.53. The van der Waals surface area contributed by atoms with Crippen LogP contribution in [0.3, 0.4) is 0 Å². The SMILES string of the molecule is COc1cccc([C@@H]2C(=C(O)c3ccc(C)cc3)C(=O)C(=O)N2c2cc(C)on2)c1. The number of ether oxygens (including phenoxy) is 1. The number of hydrogen-bond donors (Lipinski definition) is 1. The number of methoxy groups -OCH3 is 1. The lowest BCUT2D eigenvalue weighted by Gasteiger charge is -2.23. The predicted molar refractivity (Wildman–Crippen MR) is 110 cm³/mol. The second kappa shape index (κ2) is 7.51. The van der Waals surface area contributed by atoms with Gasteiger partial charge in [0.2, 0.25) is 0 Å². The molecule has 3 aromatic rings. The largest absolute Gasteiger partial charge is 0.507 e. The third-order valence-electron chi connectivity index (χ3n) is 5.04. The summed E-state index contributed by atoms with van der Waals surface area (Å²) < 4.78 is 10.4. The van der Waals surface area contributed by atoms with Crippen LogP contribution < -0.4 is 9.64 Å². The molecule has 7 nitrogen and oxygen atoms in total. The van der Waals surface area contributed by atoms with E-state index in [2.05, 4.69) is 5.16 Å². The van der Waals surface area contributed by atoms with Gasteiger partial charge in [-0.15, -0.1) is 0 Å². The fourth-order valence-corrected chi connectivity index (χ4v) is 3.53. The summed E-state index contributed by atoms with van der Waals surface area (Å²) in [7, 11) is 1.53. The molecule has 7 heteroatoms. The normalized spacial score (nSPS) is 18.1. The van der Waals surface area contributed by atoms with E-state index in [0.717, 1.165) is 5.56 Å². The average Bonchev–Trinajstić information content (AvgIpc) is 3.29. The highest BCUT2D eigenvalue weighted by Gasteiger charge is 2.48. The molecule has 0 bridgehead atoms. The average molecular weight is 404 g/mol. The van der Waals surface area contributed by atoms with Gasteiger partial charge >= 0.3 is 5.91 Å². The van der Waals surface area contributed by atoms with Crippen molar-refractivity contribution in [3.05, 3.63) is 82.6 Å². The Morgan fingerprint density at radius 3 is 2.47 bits per heavy atom. The molecule has 1 amide bonds. The van der Waals surface area contributed by atoms with Crippen molar-refractivity contribution in [1.82, 2.24) is 5.16 Å². The number of carbonyl (C=O) groups is 2. The minimum absolute atomic E-state index is 0.0160. The van der Waals surface area contributed by atoms with E-state index < -0.39 is 17.7 Å². The summed E-state index contributed by atoms with van der Waals surface area (Å²) in [5.74, 6) is -0.569. The molecule has 1 N–H and O–H groups in total. The second-order valence-electron chi connectivity index (χ2n) is 7.11. The Bertz CT molecular complexity index is 1160. The van der Waals surface area contributed by atoms with Crippen molar-refractivity contribution in [1.29, 1.82) is 0 Å². The van der Waals surface area contributed by atoms with E-state index >= 15 is 0 Å². The van der Waals surface area contributed by atoms with Gasteiger partial charge in [0.25, 0.3) is 5.78 Å². The van der Waals surface area contributed by atoms with Crippen LogP contribution in [0.25, 0.3) is 5.76 Å². The third kappa shape index (κ3) is 3.24. The van der Waals surface area contributed by atoms with Crippen molar-refractivity contribution in [3.63, 3.8) is 0 Å². The van der Waals surface area contributed by atoms with Crippen molar-refractivity contribution in [2.24, 2.45) is 0 Å². The maximum absolute atomic E-state index is 13.0. The molecule has 152 valence electrons. The van der Waals surface area contributed by atoms with E-state index in [4.69, 9.17) is 9.26 Å². The predicted octanol–water partition coefficient (Wildman–Crippen LogP) is 3.93. The van der Waals surface area contributed by atoms with E-state index in [1.807, 2.05) is 19.1 Å². The number of benzene rings is 2. The lowest BCUT2D eigenvalue weighted by Crippen LogP contribution is -2.29. The first-order valence-electron chi connectivity index (χ1n) is 9.36. The van der Waals surface area contributed by atoms with Gasteiger partial charge in [-0.1, -0.05) is 47.1 Å². The Kier molecular flexibility index (Phi) is 4.87. The summed E-state index contributed by atoms with van der Waals surface area (Å²) in [6, 6.07) is 14.8. The molecule has 1 aliphatic rings. The summed E-state index contributed by atoms with van der Waals surface area (Å²) in [6.07, 6.45) is 0. The van der Waals surface area contributed by atoms with Crippen LogP contribution in [0.2, 0.25) is 0 Å². The molecule has 0 saturated carbocycles. The molecular weight excluding hydrogens is 384 g/mol. The Balaban J connectivity index is 1.95.